The molecule has 0 aromatic heterocycles. The van der Waals surface area contributed by atoms with Crippen LogP contribution in [-0.2, 0) is 10.9 Å². The highest BCUT2D eigenvalue weighted by atomic mass is 35.5. The van der Waals surface area contributed by atoms with Crippen molar-refractivity contribution in [1.82, 2.24) is 0 Å². The summed E-state index contributed by atoms with van der Waals surface area (Å²) in [6.07, 6.45) is 0. The maximum Gasteiger partial charge on any atom is 0.166 e. The zero-order chi connectivity index (χ0) is 17.3. The summed E-state index contributed by atoms with van der Waals surface area (Å²) in [7, 11) is -0.765. The lowest BCUT2D eigenvalue weighted by Gasteiger charge is -2.07. The number of rotatable bonds is 3. The molecule has 0 aliphatic heterocycles. The molecule has 0 aliphatic rings. The second-order valence-electron chi connectivity index (χ2n) is 3.89. The topological polar surface area (TPSA) is 0 Å². The van der Waals surface area contributed by atoms with Crippen LogP contribution in [0.4, 0.5) is 0 Å². The van der Waals surface area contributed by atoms with E-state index in [0.717, 1.165) is 9.79 Å². The zero-order valence-electron chi connectivity index (χ0n) is 15.6. The van der Waals surface area contributed by atoms with Crippen molar-refractivity contribution in [1.29, 1.82) is 0 Å². The van der Waals surface area contributed by atoms with Crippen LogP contribution in [0.2, 0.25) is 0 Å². The minimum absolute atomic E-state index is 0. The van der Waals surface area contributed by atoms with Crippen LogP contribution in [0.3, 0.4) is 0 Å². The second kappa shape index (κ2) is 7.18. The van der Waals surface area contributed by atoms with Crippen LogP contribution in [0, 0.1) is 0 Å². The molecule has 20 heavy (non-hydrogen) atoms. The fraction of sp³-hybridized carbons (Fsp3) is 0. The lowest BCUT2D eigenvalue weighted by atomic mass is 10.4. The van der Waals surface area contributed by atoms with Crippen LogP contribution in [0.5, 0.6) is 0 Å². The summed E-state index contributed by atoms with van der Waals surface area (Å²) in [5.74, 6) is 0. The van der Waals surface area contributed by atoms with Gasteiger partial charge in [0.25, 0.3) is 0 Å². The van der Waals surface area contributed by atoms with Crippen molar-refractivity contribution in [3.8, 4) is 0 Å². The van der Waals surface area contributed by atoms with Crippen molar-refractivity contribution in [2.75, 3.05) is 0 Å². The smallest absolute Gasteiger partial charge is 0.166 e. The molecular formula is C18H15ClS. The molecule has 0 fully saturated rings. The molecule has 0 heterocycles. The van der Waals surface area contributed by atoms with E-state index in [1.807, 2.05) is 60.7 Å². The van der Waals surface area contributed by atoms with Crippen molar-refractivity contribution in [3.63, 3.8) is 0 Å². The molecular weight excluding hydrogens is 284 g/mol. The second-order valence-corrected chi connectivity index (χ2v) is 5.85. The molecule has 3 aromatic carbocycles. The fourth-order valence-corrected chi connectivity index (χ4v) is 3.73. The molecule has 0 atom stereocenters. The number of hydrogen-bond acceptors (Lipinski definition) is 0. The molecule has 3 rings (SSSR count). The van der Waals surface area contributed by atoms with E-state index in [1.54, 1.807) is 0 Å². The number of halogens is 1. The molecule has 0 aliphatic carbocycles. The normalized spacial score (nSPS) is 13.6. The quantitative estimate of drug-likeness (QED) is 0.647. The molecule has 2 heteroatoms. The van der Waals surface area contributed by atoms with Crippen LogP contribution in [-0.4, -0.2) is 0 Å². The fourth-order valence-electron chi connectivity index (χ4n) is 1.83. The molecule has 0 unspecified atom stereocenters. The van der Waals surface area contributed by atoms with Crippen molar-refractivity contribution in [2.45, 2.75) is 14.7 Å². The predicted octanol–water partition coefficient (Wildman–Crippen LogP) is 1.79. The molecule has 0 nitrogen and oxygen atoms in total. The molecule has 0 saturated carbocycles. The van der Waals surface area contributed by atoms with Crippen molar-refractivity contribution in [3.05, 3.63) is 90.9 Å². The van der Waals surface area contributed by atoms with Gasteiger partial charge in [0.1, 0.15) is 0 Å². The molecule has 3 aromatic rings. The van der Waals surface area contributed by atoms with Gasteiger partial charge in [0.15, 0.2) is 14.7 Å². The van der Waals surface area contributed by atoms with Gasteiger partial charge in [0.05, 0.1) is 17.7 Å². The molecule has 100 valence electrons. The zero-order valence-corrected chi connectivity index (χ0v) is 12.1. The van der Waals surface area contributed by atoms with Crippen molar-refractivity contribution in [2.24, 2.45) is 0 Å². The van der Waals surface area contributed by atoms with E-state index in [4.69, 9.17) is 6.85 Å². The van der Waals surface area contributed by atoms with E-state index in [0.29, 0.717) is 4.90 Å². The van der Waals surface area contributed by atoms with Crippen LogP contribution < -0.4 is 12.4 Å². The van der Waals surface area contributed by atoms with E-state index in [-0.39, 0.29) is 42.6 Å². The summed E-state index contributed by atoms with van der Waals surface area (Å²) in [6.45, 7) is 0. The van der Waals surface area contributed by atoms with Crippen LogP contribution in [0.25, 0.3) is 0 Å². The summed E-state index contributed by atoms with van der Waals surface area (Å²) in [5.41, 5.74) is 0. The van der Waals surface area contributed by atoms with Gasteiger partial charge < -0.3 is 12.4 Å². The molecule has 0 saturated heterocycles. The monoisotopic (exact) mass is 303 g/mol. The third-order valence-corrected chi connectivity index (χ3v) is 4.74. The number of hydrogen-bond donors (Lipinski definition) is 0. The summed E-state index contributed by atoms with van der Waals surface area (Å²) in [5, 5.41) is 0. The first-order valence-corrected chi connectivity index (χ1v) is 7.16. The van der Waals surface area contributed by atoms with Gasteiger partial charge in [-0.15, -0.1) is 0 Å². The average Bonchev–Trinajstić information content (AvgIpc) is 2.63. The van der Waals surface area contributed by atoms with Gasteiger partial charge in [-0.1, -0.05) is 54.5 Å². The van der Waals surface area contributed by atoms with Gasteiger partial charge >= 0.3 is 0 Å². The average molecular weight is 304 g/mol. The standard InChI is InChI=1S/C18H15S.ClH/c1-4-10-16(11-5-1)19(17-12-6-2-7-13-17)18-14-8-3-9-15-18;/h1-15H;1H/q+1;/p-1/i1D,4D,5D,10D,11D;. The maximum absolute atomic E-state index is 8.30. The third-order valence-electron chi connectivity index (χ3n) is 2.64. The van der Waals surface area contributed by atoms with Crippen molar-refractivity contribution >= 4 is 10.9 Å². The maximum atomic E-state index is 8.30. The first kappa shape index (κ1) is 9.28. The summed E-state index contributed by atoms with van der Waals surface area (Å²) in [6, 6.07) is 17.9. The van der Waals surface area contributed by atoms with Crippen molar-refractivity contribution < 1.29 is 19.3 Å². The largest absolute Gasteiger partial charge is 1.00 e. The third kappa shape index (κ3) is 3.24. The first-order valence-electron chi connectivity index (χ1n) is 8.43. The van der Waals surface area contributed by atoms with Crippen LogP contribution in [0.15, 0.2) is 106 Å². The predicted molar refractivity (Wildman–Crippen MR) is 81.5 cm³/mol. The van der Waals surface area contributed by atoms with Gasteiger partial charge in [0.2, 0.25) is 0 Å². The minimum Gasteiger partial charge on any atom is -1.00 e. The Kier molecular flexibility index (Phi) is 3.33. The first-order chi connectivity index (χ1) is 11.5. The van der Waals surface area contributed by atoms with Gasteiger partial charge in [-0.3, -0.25) is 0 Å². The minimum atomic E-state index is -0.765. The Hall–Kier alpha value is -1.70. The van der Waals surface area contributed by atoms with Gasteiger partial charge in [-0.2, -0.15) is 0 Å². The lowest BCUT2D eigenvalue weighted by Crippen LogP contribution is -3.00. The van der Waals surface area contributed by atoms with Gasteiger partial charge in [0, 0.05) is 0 Å². The van der Waals surface area contributed by atoms with E-state index in [1.165, 1.54) is 0 Å². The Morgan fingerprint density at radius 2 is 1.05 bits per heavy atom. The molecule has 0 N–H and O–H groups in total. The Balaban J connectivity index is 0.00000225. The van der Waals surface area contributed by atoms with Crippen LogP contribution in [0.1, 0.15) is 6.85 Å². The molecule has 0 bridgehead atoms. The van der Waals surface area contributed by atoms with Crippen LogP contribution >= 0.6 is 0 Å². The SMILES string of the molecule is [2H]c1c([2H])c([2H])c([S+](c2ccccc2)c2ccccc2)c([2H])c1[2H].[Cl-]. The molecule has 0 radical (unpaired) electrons. The Morgan fingerprint density at radius 1 is 0.600 bits per heavy atom. The Morgan fingerprint density at radius 3 is 1.50 bits per heavy atom. The van der Waals surface area contributed by atoms with E-state index in [9.17, 15) is 0 Å². The van der Waals surface area contributed by atoms with E-state index < -0.39 is 10.9 Å². The van der Waals surface area contributed by atoms with Gasteiger partial charge in [-0.05, 0) is 36.4 Å². The van der Waals surface area contributed by atoms with Gasteiger partial charge in [-0.25, -0.2) is 0 Å². The molecule has 0 amide bonds. The van der Waals surface area contributed by atoms with E-state index in [2.05, 4.69) is 0 Å². The summed E-state index contributed by atoms with van der Waals surface area (Å²) < 4.78 is 40.3. The van der Waals surface area contributed by atoms with E-state index >= 15 is 0 Å². The lowest BCUT2D eigenvalue weighted by molar-refractivity contribution is -0.00000371. The Labute approximate surface area is 136 Å². The number of benzene rings is 3. The highest BCUT2D eigenvalue weighted by Crippen LogP contribution is 2.30. The Bertz CT molecular complexity index is 803. The summed E-state index contributed by atoms with van der Waals surface area (Å²) >= 11 is 0. The molecule has 0 spiro atoms. The summed E-state index contributed by atoms with van der Waals surface area (Å²) in [4.78, 5) is 2.17. The highest BCUT2D eigenvalue weighted by Gasteiger charge is 2.27. The highest BCUT2D eigenvalue weighted by molar-refractivity contribution is 7.97.